The lowest BCUT2D eigenvalue weighted by Crippen LogP contribution is -2.39. The van der Waals surface area contributed by atoms with Gasteiger partial charge in [-0.3, -0.25) is 19.5 Å². The van der Waals surface area contributed by atoms with Crippen molar-refractivity contribution in [1.82, 2.24) is 9.88 Å². The summed E-state index contributed by atoms with van der Waals surface area (Å²) >= 11 is 0. The molecule has 2 aromatic rings. The number of allylic oxidation sites excluding steroid dienone is 1. The van der Waals surface area contributed by atoms with Gasteiger partial charge in [0.1, 0.15) is 5.75 Å². The third kappa shape index (κ3) is 5.51. The average molecular weight is 507 g/mol. The van der Waals surface area contributed by atoms with Crippen molar-refractivity contribution in [3.8, 4) is 5.75 Å². The number of imide groups is 1. The Kier molecular flexibility index (Phi) is 8.53. The van der Waals surface area contributed by atoms with E-state index in [4.69, 9.17) is 0 Å². The number of fused-ring (bicyclic) bond motifs is 1. The summed E-state index contributed by atoms with van der Waals surface area (Å²) in [5.74, 6) is -2.48. The molecule has 4 rings (SSSR count). The van der Waals surface area contributed by atoms with Crippen LogP contribution < -0.4 is 0 Å². The Balaban J connectivity index is 1.61. The number of aromatic nitrogens is 1. The lowest BCUT2D eigenvalue weighted by atomic mass is 9.68. The quantitative estimate of drug-likeness (QED) is 0.288. The lowest BCUT2D eigenvalue weighted by Gasteiger charge is -2.36. The maximum Gasteiger partial charge on any atom is 0.233 e. The molecule has 0 bridgehead atoms. The number of carbonyl (C=O) groups is 2. The molecule has 2 aliphatic rings. The highest BCUT2D eigenvalue weighted by Gasteiger charge is 2.54. The monoisotopic (exact) mass is 506 g/mol. The van der Waals surface area contributed by atoms with Crippen molar-refractivity contribution in [2.24, 2.45) is 17.8 Å². The maximum absolute atomic E-state index is 13.1. The largest absolute Gasteiger partial charge is 0.508 e. The Morgan fingerprint density at radius 2 is 1.89 bits per heavy atom. The number of carbonyl (C=O) groups excluding carboxylic acids is 2. The molecule has 1 fully saturated rings. The van der Waals surface area contributed by atoms with E-state index >= 15 is 0 Å². The van der Waals surface area contributed by atoms with Crippen LogP contribution in [0.1, 0.15) is 43.9 Å². The first-order valence-corrected chi connectivity index (χ1v) is 12.8. The number of phenolic OH excluding ortho intramolecular Hbond substituents is 1. The van der Waals surface area contributed by atoms with Crippen LogP contribution in [0.5, 0.6) is 5.75 Å². The molecule has 1 aromatic carbocycles. The van der Waals surface area contributed by atoms with Gasteiger partial charge in [-0.1, -0.05) is 25.1 Å². The minimum Gasteiger partial charge on any atom is -0.508 e. The first kappa shape index (κ1) is 26.7. The second-order valence-electron chi connectivity index (χ2n) is 9.70. The summed E-state index contributed by atoms with van der Waals surface area (Å²) in [5, 5.41) is 41.4. The summed E-state index contributed by atoms with van der Waals surface area (Å²) in [6.45, 7) is 1.47. The summed E-state index contributed by atoms with van der Waals surface area (Å²) < 4.78 is 0. The summed E-state index contributed by atoms with van der Waals surface area (Å²) in [6.07, 6.45) is 4.16. The minimum absolute atomic E-state index is 0.165. The summed E-state index contributed by atoms with van der Waals surface area (Å²) in [4.78, 5) is 31.8. The Labute approximate surface area is 216 Å². The van der Waals surface area contributed by atoms with E-state index in [2.05, 4.69) is 4.98 Å². The molecule has 0 unspecified atom stereocenters. The number of nitrogens with zero attached hydrogens (tertiary/aromatic N) is 2. The first-order chi connectivity index (χ1) is 17.9. The molecule has 8 heteroatoms. The molecule has 4 atom stereocenters. The minimum atomic E-state index is -1.02. The second kappa shape index (κ2) is 11.8. The third-order valence-electron chi connectivity index (χ3n) is 7.38. The van der Waals surface area contributed by atoms with Crippen LogP contribution in [0.25, 0.3) is 11.6 Å². The van der Waals surface area contributed by atoms with Gasteiger partial charge < -0.3 is 20.4 Å². The Morgan fingerprint density at radius 1 is 1.14 bits per heavy atom. The number of hydrogen-bond donors (Lipinski definition) is 4. The van der Waals surface area contributed by atoms with Crippen LogP contribution in [0.15, 0.2) is 59.8 Å². The molecular weight excluding hydrogens is 472 g/mol. The number of likely N-dealkylation sites (tertiary alicyclic amines) is 1. The summed E-state index contributed by atoms with van der Waals surface area (Å²) in [5.41, 5.74) is 3.47. The highest BCUT2D eigenvalue weighted by atomic mass is 16.3. The van der Waals surface area contributed by atoms with Gasteiger partial charge in [0.05, 0.1) is 36.8 Å². The predicted octanol–water partition coefficient (Wildman–Crippen LogP) is 2.78. The van der Waals surface area contributed by atoms with Gasteiger partial charge in [-0.2, -0.15) is 0 Å². The number of aliphatic hydroxyl groups is 3. The van der Waals surface area contributed by atoms with Gasteiger partial charge in [0.25, 0.3) is 0 Å². The number of aliphatic hydroxyl groups excluding tert-OH is 3. The van der Waals surface area contributed by atoms with Gasteiger partial charge in [0.2, 0.25) is 11.8 Å². The standard InChI is InChI=1S/C29H34N2O6/c1-2-13-31-28(36)22-15-20(16-32)26(23(17-33)27(22)29(31)37)25(35)11-8-19(24-5-3-4-12-30-24)14-18-6-9-21(34)10-7-18/h3-7,9-10,12,14,22-23,25,27,32-35H,2,8,11,13,15-17H2,1H3/b19-14-/t22-,23+,25-,27-/m1/s1. The van der Waals surface area contributed by atoms with Gasteiger partial charge in [-0.25, -0.2) is 0 Å². The maximum atomic E-state index is 13.1. The van der Waals surface area contributed by atoms with Crippen molar-refractivity contribution in [3.05, 3.63) is 71.1 Å². The van der Waals surface area contributed by atoms with Crippen molar-refractivity contribution < 1.29 is 30.0 Å². The molecule has 1 aliphatic carbocycles. The van der Waals surface area contributed by atoms with Crippen LogP contribution in [0.3, 0.4) is 0 Å². The molecule has 4 N–H and O–H groups in total. The van der Waals surface area contributed by atoms with E-state index in [1.165, 1.54) is 4.90 Å². The summed E-state index contributed by atoms with van der Waals surface area (Å²) in [6, 6.07) is 12.3. The van der Waals surface area contributed by atoms with Crippen molar-refractivity contribution in [2.45, 2.75) is 38.7 Å². The number of pyridine rings is 1. The molecule has 37 heavy (non-hydrogen) atoms. The van der Waals surface area contributed by atoms with Crippen molar-refractivity contribution >= 4 is 23.5 Å². The van der Waals surface area contributed by atoms with Crippen LogP contribution in [0, 0.1) is 17.8 Å². The van der Waals surface area contributed by atoms with E-state index in [1.807, 2.05) is 31.2 Å². The highest BCUT2D eigenvalue weighted by molar-refractivity contribution is 6.05. The Hall–Kier alpha value is -3.33. The Bertz CT molecular complexity index is 1170. The van der Waals surface area contributed by atoms with Crippen LogP contribution in [0.2, 0.25) is 0 Å². The number of rotatable bonds is 10. The number of aromatic hydroxyl groups is 1. The zero-order valence-corrected chi connectivity index (χ0v) is 21.0. The molecule has 2 amide bonds. The van der Waals surface area contributed by atoms with Crippen molar-refractivity contribution in [2.75, 3.05) is 19.8 Å². The molecule has 1 saturated heterocycles. The van der Waals surface area contributed by atoms with Gasteiger partial charge in [0.15, 0.2) is 0 Å². The zero-order chi connectivity index (χ0) is 26.5. The van der Waals surface area contributed by atoms with Gasteiger partial charge >= 0.3 is 0 Å². The smallest absolute Gasteiger partial charge is 0.233 e. The number of benzene rings is 1. The lowest BCUT2D eigenvalue weighted by molar-refractivity contribution is -0.140. The molecule has 196 valence electrons. The number of amides is 2. The van der Waals surface area contributed by atoms with Crippen LogP contribution >= 0.6 is 0 Å². The van der Waals surface area contributed by atoms with E-state index in [9.17, 15) is 30.0 Å². The molecule has 0 radical (unpaired) electrons. The topological polar surface area (TPSA) is 131 Å². The van der Waals surface area contributed by atoms with Crippen LogP contribution in [-0.2, 0) is 9.59 Å². The van der Waals surface area contributed by atoms with E-state index < -0.39 is 30.5 Å². The van der Waals surface area contributed by atoms with E-state index in [1.54, 1.807) is 30.5 Å². The molecule has 8 nitrogen and oxygen atoms in total. The van der Waals surface area contributed by atoms with Gasteiger partial charge in [-0.15, -0.1) is 0 Å². The van der Waals surface area contributed by atoms with E-state index in [0.717, 1.165) is 16.8 Å². The molecule has 1 aliphatic heterocycles. The molecule has 0 spiro atoms. The normalized spacial score (nSPS) is 23.0. The first-order valence-electron chi connectivity index (χ1n) is 12.8. The van der Waals surface area contributed by atoms with Gasteiger partial charge in [0, 0.05) is 18.7 Å². The molecule has 1 aromatic heterocycles. The van der Waals surface area contributed by atoms with E-state index in [-0.39, 0.29) is 37.0 Å². The third-order valence-corrected chi connectivity index (χ3v) is 7.38. The van der Waals surface area contributed by atoms with Crippen molar-refractivity contribution in [3.63, 3.8) is 0 Å². The van der Waals surface area contributed by atoms with Crippen LogP contribution in [0.4, 0.5) is 0 Å². The van der Waals surface area contributed by atoms with E-state index in [0.29, 0.717) is 30.5 Å². The zero-order valence-electron chi connectivity index (χ0n) is 21.0. The summed E-state index contributed by atoms with van der Waals surface area (Å²) in [7, 11) is 0. The fourth-order valence-electron chi connectivity index (χ4n) is 5.66. The molecular formula is C29H34N2O6. The fraction of sp³-hybridized carbons (Fsp3) is 0.414. The second-order valence-corrected chi connectivity index (χ2v) is 9.70. The SMILES string of the molecule is CCCN1C(=O)[C@@H]2[C@@H](CC(CO)=C([C@H](O)CC/C(=C/c3ccc(O)cc3)c3ccccn3)[C@@H]2CO)C1=O. The van der Waals surface area contributed by atoms with Crippen molar-refractivity contribution in [1.29, 1.82) is 0 Å². The highest BCUT2D eigenvalue weighted by Crippen LogP contribution is 2.46. The predicted molar refractivity (Wildman–Crippen MR) is 139 cm³/mol. The number of hydrogen-bond acceptors (Lipinski definition) is 7. The Morgan fingerprint density at radius 3 is 2.51 bits per heavy atom. The molecule has 0 saturated carbocycles. The molecule has 2 heterocycles. The number of phenols is 1. The average Bonchev–Trinajstić information content (AvgIpc) is 3.16. The van der Waals surface area contributed by atoms with Gasteiger partial charge in [-0.05, 0) is 78.3 Å². The fourth-order valence-corrected chi connectivity index (χ4v) is 5.66. The van der Waals surface area contributed by atoms with Crippen LogP contribution in [-0.4, -0.2) is 68.0 Å².